The molecule has 4 aromatic carbocycles. The summed E-state index contributed by atoms with van der Waals surface area (Å²) < 4.78 is 34.7. The number of carbonyl (C=O) groups is 2. The Bertz CT molecular complexity index is 1870. The Labute approximate surface area is 285 Å². The molecule has 0 fully saturated rings. The van der Waals surface area contributed by atoms with Crippen molar-refractivity contribution in [3.63, 3.8) is 0 Å². The molecule has 11 nitrogen and oxygen atoms in total. The van der Waals surface area contributed by atoms with E-state index >= 15 is 0 Å². The first kappa shape index (κ1) is 35.9. The second-order valence-electron chi connectivity index (χ2n) is 11.4. The van der Waals surface area contributed by atoms with E-state index in [-0.39, 0.29) is 40.8 Å². The first-order valence-electron chi connectivity index (χ1n) is 15.1. The van der Waals surface area contributed by atoms with E-state index in [2.05, 4.69) is 5.32 Å². The van der Waals surface area contributed by atoms with E-state index in [0.29, 0.717) is 16.3 Å². The molecule has 4 rings (SSSR count). The van der Waals surface area contributed by atoms with Crippen LogP contribution in [-0.2, 0) is 32.6 Å². The van der Waals surface area contributed by atoms with Gasteiger partial charge in [-0.25, -0.2) is 8.42 Å². The van der Waals surface area contributed by atoms with Crippen LogP contribution in [0.2, 0.25) is 5.02 Å². The number of amides is 2. The van der Waals surface area contributed by atoms with Gasteiger partial charge in [0.2, 0.25) is 11.8 Å². The summed E-state index contributed by atoms with van der Waals surface area (Å²) >= 11 is 6.53. The third-order valence-corrected chi connectivity index (χ3v) is 9.74. The molecule has 48 heavy (non-hydrogen) atoms. The normalized spacial score (nSPS) is 11.9. The van der Waals surface area contributed by atoms with Gasteiger partial charge in [0.25, 0.3) is 15.7 Å². The molecule has 0 aliphatic carbocycles. The van der Waals surface area contributed by atoms with E-state index < -0.39 is 39.3 Å². The van der Waals surface area contributed by atoms with Crippen LogP contribution in [0.3, 0.4) is 0 Å². The fourth-order valence-electron chi connectivity index (χ4n) is 5.10. The molecule has 1 N–H and O–H groups in total. The second-order valence-corrected chi connectivity index (χ2v) is 13.7. The molecule has 0 aliphatic rings. The maximum Gasteiger partial charge on any atom is 0.273 e. The van der Waals surface area contributed by atoms with E-state index in [1.165, 1.54) is 55.3 Å². The molecule has 0 heterocycles. The molecule has 0 saturated heterocycles. The molecular formula is C35H37ClN4O7S. The highest BCUT2D eigenvalue weighted by Gasteiger charge is 2.35. The zero-order valence-electron chi connectivity index (χ0n) is 27.0. The fourth-order valence-corrected chi connectivity index (χ4v) is 6.73. The lowest BCUT2D eigenvalue weighted by Gasteiger charge is -2.34. The summed E-state index contributed by atoms with van der Waals surface area (Å²) in [5.41, 5.74) is 1.33. The number of carbonyl (C=O) groups excluding carboxylic acids is 2. The number of sulfonamides is 1. The summed E-state index contributed by atoms with van der Waals surface area (Å²) in [5, 5.41) is 15.0. The van der Waals surface area contributed by atoms with Crippen LogP contribution in [0, 0.1) is 17.0 Å². The lowest BCUT2D eigenvalue weighted by molar-refractivity contribution is -0.385. The summed E-state index contributed by atoms with van der Waals surface area (Å²) in [6, 6.07) is 24.3. The van der Waals surface area contributed by atoms with E-state index in [1.54, 1.807) is 38.1 Å². The molecule has 2 amide bonds. The number of halogens is 1. The number of aryl methyl sites for hydroxylation is 1. The van der Waals surface area contributed by atoms with Crippen molar-refractivity contribution in [3.8, 4) is 5.75 Å². The standard InChI is InChI=1S/C35H37ClN4O7S/c1-24(2)37-35(42)33(20-26-10-6-5-7-11-26)38(22-27-12-8-9-13-31(27)36)34(41)23-39(28-15-17-29(47-4)18-16-28)48(45,46)30-19-14-25(3)32(21-30)40(43)44/h5-19,21,24,33H,20,22-23H2,1-4H3,(H,37,42). The minimum atomic E-state index is -4.57. The van der Waals surface area contributed by atoms with Crippen molar-refractivity contribution in [1.82, 2.24) is 10.2 Å². The van der Waals surface area contributed by atoms with E-state index in [1.807, 2.05) is 30.3 Å². The monoisotopic (exact) mass is 692 g/mol. The van der Waals surface area contributed by atoms with Gasteiger partial charge in [-0.2, -0.15) is 0 Å². The van der Waals surface area contributed by atoms with Gasteiger partial charge in [-0.05, 0) is 68.3 Å². The Hall–Kier alpha value is -4.94. The van der Waals surface area contributed by atoms with Crippen molar-refractivity contribution in [2.45, 2.75) is 50.7 Å². The summed E-state index contributed by atoms with van der Waals surface area (Å²) in [7, 11) is -3.11. The van der Waals surface area contributed by atoms with E-state index in [9.17, 15) is 28.1 Å². The lowest BCUT2D eigenvalue weighted by Crippen LogP contribution is -2.54. The highest BCUT2D eigenvalue weighted by molar-refractivity contribution is 7.92. The average molecular weight is 693 g/mol. The number of rotatable bonds is 14. The molecule has 0 radical (unpaired) electrons. The Balaban J connectivity index is 1.85. The summed E-state index contributed by atoms with van der Waals surface area (Å²) in [4.78, 5) is 40.4. The van der Waals surface area contributed by atoms with Crippen molar-refractivity contribution in [3.05, 3.63) is 129 Å². The summed E-state index contributed by atoms with van der Waals surface area (Å²) in [5.74, 6) is -0.681. The van der Waals surface area contributed by atoms with Crippen LogP contribution >= 0.6 is 11.6 Å². The van der Waals surface area contributed by atoms with Gasteiger partial charge in [0.1, 0.15) is 18.3 Å². The zero-order valence-corrected chi connectivity index (χ0v) is 28.6. The van der Waals surface area contributed by atoms with Gasteiger partial charge in [-0.15, -0.1) is 0 Å². The van der Waals surface area contributed by atoms with Gasteiger partial charge < -0.3 is 15.0 Å². The number of benzene rings is 4. The van der Waals surface area contributed by atoms with Gasteiger partial charge in [-0.3, -0.25) is 24.0 Å². The number of nitrogens with zero attached hydrogens (tertiary/aromatic N) is 3. The highest BCUT2D eigenvalue weighted by Crippen LogP contribution is 2.30. The van der Waals surface area contributed by atoms with Crippen LogP contribution < -0.4 is 14.4 Å². The van der Waals surface area contributed by atoms with E-state index in [4.69, 9.17) is 16.3 Å². The number of methoxy groups -OCH3 is 1. The van der Waals surface area contributed by atoms with Crippen molar-refractivity contribution in [2.75, 3.05) is 18.0 Å². The molecule has 0 saturated carbocycles. The number of anilines is 1. The number of hydrogen-bond acceptors (Lipinski definition) is 7. The van der Waals surface area contributed by atoms with Gasteiger partial charge in [-0.1, -0.05) is 66.2 Å². The smallest absolute Gasteiger partial charge is 0.273 e. The minimum Gasteiger partial charge on any atom is -0.497 e. The van der Waals surface area contributed by atoms with Crippen LogP contribution in [0.5, 0.6) is 5.75 Å². The number of ether oxygens (including phenoxy) is 1. The average Bonchev–Trinajstić information content (AvgIpc) is 3.06. The Morgan fingerprint density at radius 1 is 0.958 bits per heavy atom. The quantitative estimate of drug-likeness (QED) is 0.128. The Morgan fingerprint density at radius 2 is 1.60 bits per heavy atom. The van der Waals surface area contributed by atoms with Gasteiger partial charge in [0, 0.05) is 35.7 Å². The number of hydrogen-bond donors (Lipinski definition) is 1. The molecule has 0 spiro atoms. The van der Waals surface area contributed by atoms with Crippen LogP contribution in [0.1, 0.15) is 30.5 Å². The predicted octanol–water partition coefficient (Wildman–Crippen LogP) is 5.93. The first-order valence-corrected chi connectivity index (χ1v) is 16.9. The van der Waals surface area contributed by atoms with Gasteiger partial charge in [0.05, 0.1) is 22.6 Å². The maximum absolute atomic E-state index is 14.6. The second kappa shape index (κ2) is 15.8. The van der Waals surface area contributed by atoms with Crippen LogP contribution in [0.15, 0.2) is 102 Å². The SMILES string of the molecule is COc1ccc(N(CC(=O)N(Cc2ccccc2Cl)C(Cc2ccccc2)C(=O)NC(C)C)S(=O)(=O)c2ccc(C)c([N+](=O)[O-])c2)cc1. The van der Waals surface area contributed by atoms with Crippen molar-refractivity contribution in [1.29, 1.82) is 0 Å². The molecule has 13 heteroatoms. The van der Waals surface area contributed by atoms with Crippen LogP contribution in [-0.4, -0.2) is 55.8 Å². The molecule has 1 atom stereocenters. The largest absolute Gasteiger partial charge is 0.497 e. The lowest BCUT2D eigenvalue weighted by atomic mass is 10.0. The Morgan fingerprint density at radius 3 is 2.21 bits per heavy atom. The molecule has 4 aromatic rings. The van der Waals surface area contributed by atoms with Crippen molar-refractivity contribution >= 4 is 44.8 Å². The molecule has 0 aliphatic heterocycles. The number of nitrogens with one attached hydrogen (secondary N) is 1. The molecule has 0 bridgehead atoms. The predicted molar refractivity (Wildman–Crippen MR) is 185 cm³/mol. The third-order valence-electron chi connectivity index (χ3n) is 7.61. The van der Waals surface area contributed by atoms with Crippen LogP contribution in [0.4, 0.5) is 11.4 Å². The fraction of sp³-hybridized carbons (Fsp3) is 0.257. The Kier molecular flexibility index (Phi) is 11.8. The zero-order chi connectivity index (χ0) is 35.0. The maximum atomic E-state index is 14.6. The summed E-state index contributed by atoms with van der Waals surface area (Å²) in [6.45, 7) is 4.27. The highest BCUT2D eigenvalue weighted by atomic mass is 35.5. The molecule has 0 aromatic heterocycles. The van der Waals surface area contributed by atoms with Crippen molar-refractivity contribution in [2.24, 2.45) is 0 Å². The van der Waals surface area contributed by atoms with Crippen LogP contribution in [0.25, 0.3) is 0 Å². The minimum absolute atomic E-state index is 0.103. The summed E-state index contributed by atoms with van der Waals surface area (Å²) in [6.07, 6.45) is 0.134. The molecule has 252 valence electrons. The van der Waals surface area contributed by atoms with Crippen molar-refractivity contribution < 1.29 is 27.7 Å². The van der Waals surface area contributed by atoms with Gasteiger partial charge in [0.15, 0.2) is 0 Å². The number of nitro groups is 1. The molecular weight excluding hydrogens is 656 g/mol. The molecule has 1 unspecified atom stereocenters. The topological polar surface area (TPSA) is 139 Å². The third kappa shape index (κ3) is 8.69. The first-order chi connectivity index (χ1) is 22.8. The number of nitro benzene ring substituents is 1. The van der Waals surface area contributed by atoms with Gasteiger partial charge >= 0.3 is 0 Å². The van der Waals surface area contributed by atoms with E-state index in [0.717, 1.165) is 15.9 Å².